The molecule has 2 aliphatic rings. The molecule has 0 radical (unpaired) electrons. The molecular formula is C15H30N2. The molecule has 1 aliphatic heterocycles. The Morgan fingerprint density at radius 2 is 1.82 bits per heavy atom. The van der Waals surface area contributed by atoms with Gasteiger partial charge >= 0.3 is 0 Å². The van der Waals surface area contributed by atoms with Gasteiger partial charge in [0.15, 0.2) is 0 Å². The maximum Gasteiger partial charge on any atom is 0.0247 e. The molecular weight excluding hydrogens is 208 g/mol. The lowest BCUT2D eigenvalue weighted by atomic mass is 9.82. The molecule has 0 aromatic heterocycles. The predicted molar refractivity (Wildman–Crippen MR) is 74.2 cm³/mol. The standard InChI is InChI=1S/C15H30N2/c1-11(2)15-9-16-13(4)10-17(15)14-8-6-5-7-12(14)3/h11-16H,5-10H2,1-4H3. The SMILES string of the molecule is CC1CN(C2CCCCC2C)C(C(C)C)CN1. The monoisotopic (exact) mass is 238 g/mol. The van der Waals surface area contributed by atoms with Crippen molar-refractivity contribution in [1.29, 1.82) is 0 Å². The van der Waals surface area contributed by atoms with E-state index in [1.165, 1.54) is 38.8 Å². The second-order valence-electron chi connectivity index (χ2n) is 6.65. The summed E-state index contributed by atoms with van der Waals surface area (Å²) in [4.78, 5) is 2.84. The molecule has 2 nitrogen and oxygen atoms in total. The summed E-state index contributed by atoms with van der Waals surface area (Å²) in [7, 11) is 0. The van der Waals surface area contributed by atoms with E-state index in [0.29, 0.717) is 6.04 Å². The van der Waals surface area contributed by atoms with Gasteiger partial charge in [-0.25, -0.2) is 0 Å². The second kappa shape index (κ2) is 5.71. The van der Waals surface area contributed by atoms with Gasteiger partial charge in [-0.15, -0.1) is 0 Å². The van der Waals surface area contributed by atoms with E-state index < -0.39 is 0 Å². The largest absolute Gasteiger partial charge is 0.311 e. The number of piperazine rings is 1. The van der Waals surface area contributed by atoms with Crippen molar-refractivity contribution in [3.05, 3.63) is 0 Å². The highest BCUT2D eigenvalue weighted by Gasteiger charge is 2.36. The first-order valence-electron chi connectivity index (χ1n) is 7.58. The Hall–Kier alpha value is -0.0800. The zero-order valence-corrected chi connectivity index (χ0v) is 12.1. The third-order valence-electron chi connectivity index (χ3n) is 4.85. The summed E-state index contributed by atoms with van der Waals surface area (Å²) in [6.45, 7) is 12.0. The highest BCUT2D eigenvalue weighted by atomic mass is 15.3. The number of nitrogens with zero attached hydrogens (tertiary/aromatic N) is 1. The zero-order chi connectivity index (χ0) is 12.4. The topological polar surface area (TPSA) is 15.3 Å². The van der Waals surface area contributed by atoms with E-state index in [1.54, 1.807) is 0 Å². The summed E-state index contributed by atoms with van der Waals surface area (Å²) < 4.78 is 0. The van der Waals surface area contributed by atoms with Crippen molar-refractivity contribution in [3.8, 4) is 0 Å². The van der Waals surface area contributed by atoms with Crippen LogP contribution in [0.1, 0.15) is 53.4 Å². The van der Waals surface area contributed by atoms with Crippen LogP contribution in [0.2, 0.25) is 0 Å². The van der Waals surface area contributed by atoms with Gasteiger partial charge < -0.3 is 5.32 Å². The maximum atomic E-state index is 3.66. The lowest BCUT2D eigenvalue weighted by Crippen LogP contribution is -2.61. The van der Waals surface area contributed by atoms with Crippen LogP contribution in [0.25, 0.3) is 0 Å². The molecule has 1 aliphatic carbocycles. The fraction of sp³-hybridized carbons (Fsp3) is 1.00. The smallest absolute Gasteiger partial charge is 0.0247 e. The molecule has 0 aromatic rings. The number of rotatable bonds is 2. The van der Waals surface area contributed by atoms with Gasteiger partial charge in [0.2, 0.25) is 0 Å². The van der Waals surface area contributed by atoms with Gasteiger partial charge in [-0.3, -0.25) is 4.90 Å². The van der Waals surface area contributed by atoms with E-state index in [9.17, 15) is 0 Å². The fourth-order valence-corrected chi connectivity index (χ4v) is 3.74. The molecule has 1 saturated carbocycles. The van der Waals surface area contributed by atoms with E-state index in [0.717, 1.165) is 23.9 Å². The van der Waals surface area contributed by atoms with Gasteiger partial charge in [-0.2, -0.15) is 0 Å². The van der Waals surface area contributed by atoms with Gasteiger partial charge in [0.05, 0.1) is 0 Å². The Morgan fingerprint density at radius 1 is 1.12 bits per heavy atom. The molecule has 1 heterocycles. The number of hydrogen-bond donors (Lipinski definition) is 1. The minimum Gasteiger partial charge on any atom is -0.311 e. The van der Waals surface area contributed by atoms with Gasteiger partial charge in [-0.05, 0) is 31.6 Å². The van der Waals surface area contributed by atoms with Crippen LogP contribution in [0.3, 0.4) is 0 Å². The maximum absolute atomic E-state index is 3.66. The van der Waals surface area contributed by atoms with Crippen molar-refractivity contribution in [2.24, 2.45) is 11.8 Å². The van der Waals surface area contributed by atoms with Gasteiger partial charge in [-0.1, -0.05) is 33.6 Å². The Kier molecular flexibility index (Phi) is 4.48. The molecule has 4 atom stereocenters. The van der Waals surface area contributed by atoms with Crippen molar-refractivity contribution in [3.63, 3.8) is 0 Å². The van der Waals surface area contributed by atoms with Gasteiger partial charge in [0.25, 0.3) is 0 Å². The summed E-state index contributed by atoms with van der Waals surface area (Å²) in [5, 5.41) is 3.66. The van der Waals surface area contributed by atoms with Crippen molar-refractivity contribution in [1.82, 2.24) is 10.2 Å². The lowest BCUT2D eigenvalue weighted by Gasteiger charge is -2.49. The summed E-state index contributed by atoms with van der Waals surface area (Å²) in [6, 6.07) is 2.26. The first kappa shape index (κ1) is 13.4. The minimum atomic E-state index is 0.666. The Balaban J connectivity index is 2.07. The van der Waals surface area contributed by atoms with Gasteiger partial charge in [0, 0.05) is 31.2 Å². The molecule has 2 fully saturated rings. The van der Waals surface area contributed by atoms with Crippen LogP contribution in [0.4, 0.5) is 0 Å². The highest BCUT2D eigenvalue weighted by molar-refractivity contribution is 4.92. The molecule has 0 amide bonds. The summed E-state index contributed by atoms with van der Waals surface area (Å²) in [6.07, 6.45) is 5.76. The molecule has 100 valence electrons. The Bertz CT molecular complexity index is 239. The molecule has 1 N–H and O–H groups in total. The third kappa shape index (κ3) is 3.03. The van der Waals surface area contributed by atoms with Crippen molar-refractivity contribution >= 4 is 0 Å². The summed E-state index contributed by atoms with van der Waals surface area (Å²) in [5.41, 5.74) is 0. The van der Waals surface area contributed by atoms with Crippen molar-refractivity contribution < 1.29 is 0 Å². The first-order valence-corrected chi connectivity index (χ1v) is 7.58. The molecule has 0 bridgehead atoms. The third-order valence-corrected chi connectivity index (χ3v) is 4.85. The lowest BCUT2D eigenvalue weighted by molar-refractivity contribution is 0.0190. The predicted octanol–water partition coefficient (Wildman–Crippen LogP) is 2.88. The zero-order valence-electron chi connectivity index (χ0n) is 12.1. The van der Waals surface area contributed by atoms with E-state index in [1.807, 2.05) is 0 Å². The second-order valence-corrected chi connectivity index (χ2v) is 6.65. The van der Waals surface area contributed by atoms with Crippen LogP contribution >= 0.6 is 0 Å². The quantitative estimate of drug-likeness (QED) is 0.796. The Morgan fingerprint density at radius 3 is 2.47 bits per heavy atom. The molecule has 2 heteroatoms. The summed E-state index contributed by atoms with van der Waals surface area (Å²) >= 11 is 0. The van der Waals surface area contributed by atoms with Crippen LogP contribution < -0.4 is 5.32 Å². The molecule has 0 aromatic carbocycles. The van der Waals surface area contributed by atoms with E-state index in [2.05, 4.69) is 37.9 Å². The average Bonchev–Trinajstić information content (AvgIpc) is 2.29. The van der Waals surface area contributed by atoms with E-state index in [4.69, 9.17) is 0 Å². The van der Waals surface area contributed by atoms with Crippen LogP contribution in [0.5, 0.6) is 0 Å². The summed E-state index contributed by atoms with van der Waals surface area (Å²) in [5.74, 6) is 1.67. The van der Waals surface area contributed by atoms with Crippen LogP contribution in [-0.4, -0.2) is 36.1 Å². The Labute approximate surface area is 107 Å². The van der Waals surface area contributed by atoms with Crippen LogP contribution in [0, 0.1) is 11.8 Å². The van der Waals surface area contributed by atoms with Crippen molar-refractivity contribution in [2.45, 2.75) is 71.5 Å². The average molecular weight is 238 g/mol. The number of nitrogens with one attached hydrogen (secondary N) is 1. The minimum absolute atomic E-state index is 0.666. The molecule has 17 heavy (non-hydrogen) atoms. The normalized spacial score (nSPS) is 40.8. The number of hydrogen-bond acceptors (Lipinski definition) is 2. The molecule has 4 unspecified atom stereocenters. The van der Waals surface area contributed by atoms with Crippen molar-refractivity contribution in [2.75, 3.05) is 13.1 Å². The van der Waals surface area contributed by atoms with Crippen LogP contribution in [-0.2, 0) is 0 Å². The first-order chi connectivity index (χ1) is 8.09. The fourth-order valence-electron chi connectivity index (χ4n) is 3.74. The van der Waals surface area contributed by atoms with E-state index in [-0.39, 0.29) is 0 Å². The van der Waals surface area contributed by atoms with E-state index >= 15 is 0 Å². The molecule has 2 rings (SSSR count). The molecule has 0 spiro atoms. The van der Waals surface area contributed by atoms with Crippen LogP contribution in [0.15, 0.2) is 0 Å². The van der Waals surface area contributed by atoms with Gasteiger partial charge in [0.1, 0.15) is 0 Å². The highest BCUT2D eigenvalue weighted by Crippen LogP contribution is 2.31. The molecule has 1 saturated heterocycles.